The second-order valence-corrected chi connectivity index (χ2v) is 7.59. The Morgan fingerprint density at radius 1 is 1.12 bits per heavy atom. The van der Waals surface area contributed by atoms with Gasteiger partial charge in [-0.05, 0) is 55.5 Å². The highest BCUT2D eigenvalue weighted by Gasteiger charge is 2.21. The van der Waals surface area contributed by atoms with E-state index in [-0.39, 0.29) is 11.0 Å². The van der Waals surface area contributed by atoms with E-state index in [1.807, 2.05) is 47.9 Å². The number of para-hydroxylation sites is 1. The lowest BCUT2D eigenvalue weighted by atomic mass is 10.0. The van der Waals surface area contributed by atoms with Crippen LogP contribution in [0.2, 0.25) is 0 Å². The number of aromatic nitrogens is 3. The number of thioether (sulfide) groups is 1. The van der Waals surface area contributed by atoms with Gasteiger partial charge in [0.05, 0.1) is 5.25 Å². The number of carbonyl (C=O) groups is 1. The van der Waals surface area contributed by atoms with Crippen molar-refractivity contribution in [3.05, 3.63) is 71.5 Å². The first-order valence-corrected chi connectivity index (χ1v) is 9.38. The van der Waals surface area contributed by atoms with Crippen molar-refractivity contribution in [1.82, 2.24) is 14.8 Å². The Bertz CT molecular complexity index is 904. The number of hydrogen-bond donors (Lipinski definition) is 0. The molecule has 0 spiro atoms. The maximum Gasteiger partial charge on any atom is 0.196 e. The molecule has 1 aliphatic carbocycles. The second-order valence-electron chi connectivity index (χ2n) is 6.28. The van der Waals surface area contributed by atoms with Gasteiger partial charge in [-0.3, -0.25) is 9.36 Å². The highest BCUT2D eigenvalue weighted by Crippen LogP contribution is 2.28. The molecular weight excluding hydrogens is 330 g/mol. The molecule has 0 aliphatic heterocycles. The molecule has 0 saturated heterocycles. The molecule has 4 rings (SSSR count). The molecule has 1 aliphatic rings. The highest BCUT2D eigenvalue weighted by molar-refractivity contribution is 8.00. The third-order valence-corrected chi connectivity index (χ3v) is 5.64. The minimum absolute atomic E-state index is 0.141. The third-order valence-electron chi connectivity index (χ3n) is 4.59. The Labute approximate surface area is 151 Å². The van der Waals surface area contributed by atoms with Crippen molar-refractivity contribution < 1.29 is 4.79 Å². The number of hydrogen-bond acceptors (Lipinski definition) is 4. The molecule has 5 heteroatoms. The van der Waals surface area contributed by atoms with Crippen molar-refractivity contribution in [2.24, 2.45) is 0 Å². The molecule has 0 fully saturated rings. The molecule has 2 aromatic carbocycles. The number of Topliss-reactive ketones (excluding diaryl/α,β-unsaturated/α-hetero) is 1. The smallest absolute Gasteiger partial charge is 0.196 e. The summed E-state index contributed by atoms with van der Waals surface area (Å²) in [5.74, 6) is 0.141. The first-order valence-electron chi connectivity index (χ1n) is 8.50. The lowest BCUT2D eigenvalue weighted by Crippen LogP contribution is -2.15. The molecule has 1 aromatic heterocycles. The Morgan fingerprint density at radius 3 is 2.76 bits per heavy atom. The lowest BCUT2D eigenvalue weighted by molar-refractivity contribution is 0.0993. The molecular formula is C20H19N3OS. The van der Waals surface area contributed by atoms with Gasteiger partial charge in [0.2, 0.25) is 0 Å². The molecule has 4 nitrogen and oxygen atoms in total. The molecule has 1 atom stereocenters. The van der Waals surface area contributed by atoms with Gasteiger partial charge in [0, 0.05) is 11.3 Å². The zero-order valence-corrected chi connectivity index (χ0v) is 14.9. The molecule has 25 heavy (non-hydrogen) atoms. The molecule has 0 amide bonds. The number of aryl methyl sites for hydroxylation is 2. The largest absolute Gasteiger partial charge is 0.293 e. The van der Waals surface area contributed by atoms with Gasteiger partial charge in [-0.2, -0.15) is 0 Å². The van der Waals surface area contributed by atoms with Crippen LogP contribution in [0.15, 0.2) is 60.0 Å². The van der Waals surface area contributed by atoms with Crippen LogP contribution >= 0.6 is 11.8 Å². The molecule has 1 heterocycles. The van der Waals surface area contributed by atoms with Crippen molar-refractivity contribution in [2.75, 3.05) is 0 Å². The van der Waals surface area contributed by atoms with E-state index in [4.69, 9.17) is 0 Å². The summed E-state index contributed by atoms with van der Waals surface area (Å²) < 4.78 is 1.91. The van der Waals surface area contributed by atoms with E-state index in [0.29, 0.717) is 0 Å². The molecule has 0 N–H and O–H groups in total. The Morgan fingerprint density at radius 2 is 1.92 bits per heavy atom. The maximum atomic E-state index is 12.8. The fourth-order valence-corrected chi connectivity index (χ4v) is 4.16. The van der Waals surface area contributed by atoms with Crippen LogP contribution in [0, 0.1) is 0 Å². The van der Waals surface area contributed by atoms with Gasteiger partial charge >= 0.3 is 0 Å². The fourth-order valence-electron chi connectivity index (χ4n) is 3.24. The van der Waals surface area contributed by atoms with Gasteiger partial charge in [-0.1, -0.05) is 42.1 Å². The minimum Gasteiger partial charge on any atom is -0.293 e. The summed E-state index contributed by atoms with van der Waals surface area (Å²) in [7, 11) is 0. The molecule has 0 saturated carbocycles. The normalized spacial score (nSPS) is 14.3. The average molecular weight is 349 g/mol. The van der Waals surface area contributed by atoms with Crippen molar-refractivity contribution in [3.8, 4) is 5.69 Å². The van der Waals surface area contributed by atoms with Gasteiger partial charge in [0.15, 0.2) is 10.9 Å². The van der Waals surface area contributed by atoms with Crippen LogP contribution in [0.25, 0.3) is 5.69 Å². The predicted molar refractivity (Wildman–Crippen MR) is 99.5 cm³/mol. The van der Waals surface area contributed by atoms with Gasteiger partial charge < -0.3 is 0 Å². The van der Waals surface area contributed by atoms with Crippen molar-refractivity contribution in [2.45, 2.75) is 36.6 Å². The lowest BCUT2D eigenvalue weighted by Gasteiger charge is -2.12. The summed E-state index contributed by atoms with van der Waals surface area (Å²) in [6.45, 7) is 1.93. The van der Waals surface area contributed by atoms with Crippen LogP contribution in [0.4, 0.5) is 0 Å². The second kappa shape index (κ2) is 6.84. The molecule has 1 unspecified atom stereocenters. The molecule has 3 aromatic rings. The van der Waals surface area contributed by atoms with Crippen LogP contribution in [0.1, 0.15) is 34.8 Å². The number of fused-ring (bicyclic) bond motifs is 1. The Kier molecular flexibility index (Phi) is 4.40. The standard InChI is InChI=1S/C20H19N3OS/c1-14(19(24)17-11-10-15-6-5-7-16(15)12-17)25-20-22-21-13-23(20)18-8-3-2-4-9-18/h2-4,8-14H,5-7H2,1H3. The minimum atomic E-state index is -0.217. The van der Waals surface area contributed by atoms with E-state index in [1.165, 1.54) is 29.3 Å². The van der Waals surface area contributed by atoms with Gasteiger partial charge in [-0.15, -0.1) is 10.2 Å². The van der Waals surface area contributed by atoms with Crippen molar-refractivity contribution in [3.63, 3.8) is 0 Å². The number of nitrogens with zero attached hydrogens (tertiary/aromatic N) is 3. The van der Waals surface area contributed by atoms with E-state index in [1.54, 1.807) is 6.33 Å². The van der Waals surface area contributed by atoms with Gasteiger partial charge in [0.25, 0.3) is 0 Å². The monoisotopic (exact) mass is 349 g/mol. The van der Waals surface area contributed by atoms with Crippen LogP contribution < -0.4 is 0 Å². The summed E-state index contributed by atoms with van der Waals surface area (Å²) in [6.07, 6.45) is 5.09. The SMILES string of the molecule is CC(Sc1nncn1-c1ccccc1)C(=O)c1ccc2c(c1)CCC2. The quantitative estimate of drug-likeness (QED) is 0.513. The molecule has 0 bridgehead atoms. The zero-order valence-electron chi connectivity index (χ0n) is 14.1. The van der Waals surface area contributed by atoms with E-state index in [9.17, 15) is 4.79 Å². The average Bonchev–Trinajstić information content (AvgIpc) is 3.30. The first kappa shape index (κ1) is 16.1. The number of benzene rings is 2. The van der Waals surface area contributed by atoms with E-state index in [2.05, 4.69) is 22.3 Å². The van der Waals surface area contributed by atoms with Crippen LogP contribution in [0.3, 0.4) is 0 Å². The zero-order chi connectivity index (χ0) is 17.2. The number of carbonyl (C=O) groups excluding carboxylic acids is 1. The third kappa shape index (κ3) is 3.24. The number of ketones is 1. The molecule has 126 valence electrons. The summed E-state index contributed by atoms with van der Waals surface area (Å²) >= 11 is 1.45. The van der Waals surface area contributed by atoms with Crippen molar-refractivity contribution in [1.29, 1.82) is 0 Å². The van der Waals surface area contributed by atoms with E-state index < -0.39 is 0 Å². The topological polar surface area (TPSA) is 47.8 Å². The van der Waals surface area contributed by atoms with E-state index >= 15 is 0 Å². The fraction of sp³-hybridized carbons (Fsp3) is 0.250. The summed E-state index contributed by atoms with van der Waals surface area (Å²) in [6, 6.07) is 16.1. The summed E-state index contributed by atoms with van der Waals surface area (Å²) in [5.41, 5.74) is 4.51. The van der Waals surface area contributed by atoms with Gasteiger partial charge in [0.1, 0.15) is 6.33 Å². The maximum absolute atomic E-state index is 12.8. The Balaban J connectivity index is 1.54. The number of rotatable bonds is 5. The van der Waals surface area contributed by atoms with E-state index in [0.717, 1.165) is 29.2 Å². The Hall–Kier alpha value is -2.40. The summed E-state index contributed by atoms with van der Waals surface area (Å²) in [5, 5.41) is 8.72. The van der Waals surface area contributed by atoms with Crippen LogP contribution in [-0.4, -0.2) is 25.8 Å². The van der Waals surface area contributed by atoms with Gasteiger partial charge in [-0.25, -0.2) is 0 Å². The van der Waals surface area contributed by atoms with Crippen LogP contribution in [-0.2, 0) is 12.8 Å². The van der Waals surface area contributed by atoms with Crippen molar-refractivity contribution >= 4 is 17.5 Å². The first-order chi connectivity index (χ1) is 12.2. The summed E-state index contributed by atoms with van der Waals surface area (Å²) in [4.78, 5) is 12.8. The van der Waals surface area contributed by atoms with Crippen LogP contribution in [0.5, 0.6) is 0 Å². The predicted octanol–water partition coefficient (Wildman–Crippen LogP) is 4.12. The molecule has 0 radical (unpaired) electrons. The highest BCUT2D eigenvalue weighted by atomic mass is 32.2.